The van der Waals surface area contributed by atoms with Gasteiger partial charge in [-0.25, -0.2) is 4.98 Å². The Bertz CT molecular complexity index is 573. The Balaban J connectivity index is 2.40. The van der Waals surface area contributed by atoms with E-state index in [0.717, 1.165) is 5.69 Å². The van der Waals surface area contributed by atoms with E-state index in [-0.39, 0.29) is 5.41 Å². The second kappa shape index (κ2) is 3.08. The van der Waals surface area contributed by atoms with Crippen LogP contribution in [0.3, 0.4) is 0 Å². The van der Waals surface area contributed by atoms with Crippen molar-refractivity contribution in [2.45, 2.75) is 19.3 Å². The smallest absolute Gasteiger partial charge is 0.129 e. The SMILES string of the molecule is CC1(C)c2ccccc2-c2nc(Cl)ccc21. The van der Waals surface area contributed by atoms with Crippen LogP contribution in [0.25, 0.3) is 11.3 Å². The topological polar surface area (TPSA) is 12.9 Å². The number of nitrogens with zero attached hydrogens (tertiary/aromatic N) is 1. The van der Waals surface area contributed by atoms with Gasteiger partial charge in [0, 0.05) is 11.0 Å². The van der Waals surface area contributed by atoms with Gasteiger partial charge in [-0.2, -0.15) is 0 Å². The van der Waals surface area contributed by atoms with Gasteiger partial charge in [0.2, 0.25) is 0 Å². The molecule has 0 bridgehead atoms. The summed E-state index contributed by atoms with van der Waals surface area (Å²) in [7, 11) is 0. The molecular formula is C14H12ClN. The van der Waals surface area contributed by atoms with Crippen LogP contribution in [-0.2, 0) is 5.41 Å². The number of hydrogen-bond acceptors (Lipinski definition) is 1. The molecule has 1 nitrogen and oxygen atoms in total. The van der Waals surface area contributed by atoms with E-state index in [1.54, 1.807) is 0 Å². The molecule has 0 saturated carbocycles. The largest absolute Gasteiger partial charge is 0.236 e. The molecule has 2 heteroatoms. The zero-order valence-electron chi connectivity index (χ0n) is 9.29. The summed E-state index contributed by atoms with van der Waals surface area (Å²) in [4.78, 5) is 4.46. The lowest BCUT2D eigenvalue weighted by Gasteiger charge is -2.20. The molecule has 0 unspecified atom stereocenters. The molecule has 0 N–H and O–H groups in total. The van der Waals surface area contributed by atoms with Gasteiger partial charge in [0.1, 0.15) is 5.15 Å². The number of fused-ring (bicyclic) bond motifs is 3. The zero-order valence-corrected chi connectivity index (χ0v) is 10.0. The maximum Gasteiger partial charge on any atom is 0.129 e. The standard InChI is InChI=1S/C14H12ClN/c1-14(2)10-6-4-3-5-9(10)13-11(14)7-8-12(15)16-13/h3-8H,1-2H3. The number of halogens is 1. The van der Waals surface area contributed by atoms with Gasteiger partial charge in [-0.15, -0.1) is 0 Å². The van der Waals surface area contributed by atoms with E-state index in [4.69, 9.17) is 11.6 Å². The highest BCUT2D eigenvalue weighted by Crippen LogP contribution is 2.47. The third-order valence-corrected chi connectivity index (χ3v) is 3.60. The van der Waals surface area contributed by atoms with Crippen LogP contribution < -0.4 is 0 Å². The van der Waals surface area contributed by atoms with Gasteiger partial charge in [-0.3, -0.25) is 0 Å². The summed E-state index contributed by atoms with van der Waals surface area (Å²) in [5.74, 6) is 0. The molecule has 80 valence electrons. The van der Waals surface area contributed by atoms with E-state index >= 15 is 0 Å². The molecule has 1 aliphatic rings. The summed E-state index contributed by atoms with van der Waals surface area (Å²) >= 11 is 5.97. The predicted molar refractivity (Wildman–Crippen MR) is 66.8 cm³/mol. The van der Waals surface area contributed by atoms with Gasteiger partial charge in [0.05, 0.1) is 5.69 Å². The summed E-state index contributed by atoms with van der Waals surface area (Å²) in [6, 6.07) is 12.4. The predicted octanol–water partition coefficient (Wildman–Crippen LogP) is 4.04. The third-order valence-electron chi connectivity index (χ3n) is 3.39. The van der Waals surface area contributed by atoms with Gasteiger partial charge in [0.15, 0.2) is 0 Å². The molecule has 0 fully saturated rings. The first-order valence-electron chi connectivity index (χ1n) is 5.37. The maximum atomic E-state index is 5.97. The first-order chi connectivity index (χ1) is 7.60. The van der Waals surface area contributed by atoms with Crippen molar-refractivity contribution >= 4 is 11.6 Å². The number of rotatable bonds is 0. The molecule has 2 aromatic rings. The second-order valence-corrected chi connectivity index (χ2v) is 5.09. The summed E-state index contributed by atoms with van der Waals surface area (Å²) in [6.45, 7) is 4.46. The van der Waals surface area contributed by atoms with E-state index in [0.29, 0.717) is 5.15 Å². The minimum Gasteiger partial charge on any atom is -0.236 e. The highest BCUT2D eigenvalue weighted by molar-refractivity contribution is 6.29. The van der Waals surface area contributed by atoms with E-state index in [2.05, 4.69) is 43.1 Å². The molecule has 0 aliphatic heterocycles. The first-order valence-corrected chi connectivity index (χ1v) is 5.75. The molecular weight excluding hydrogens is 218 g/mol. The lowest BCUT2D eigenvalue weighted by atomic mass is 9.83. The first kappa shape index (κ1) is 9.86. The van der Waals surface area contributed by atoms with Crippen LogP contribution in [0.15, 0.2) is 36.4 Å². The molecule has 16 heavy (non-hydrogen) atoms. The minimum absolute atomic E-state index is 0.0313. The average molecular weight is 230 g/mol. The molecule has 0 spiro atoms. The summed E-state index contributed by atoms with van der Waals surface area (Å²) in [6.07, 6.45) is 0. The van der Waals surface area contributed by atoms with Crippen LogP contribution >= 0.6 is 11.6 Å². The van der Waals surface area contributed by atoms with Crippen molar-refractivity contribution in [1.82, 2.24) is 4.98 Å². The number of pyridine rings is 1. The Kier molecular flexibility index (Phi) is 1.90. The maximum absolute atomic E-state index is 5.97. The lowest BCUT2D eigenvalue weighted by molar-refractivity contribution is 0.659. The fourth-order valence-corrected chi connectivity index (χ4v) is 2.67. The Labute approximate surface area is 100 Å². The van der Waals surface area contributed by atoms with Crippen LogP contribution in [0, 0.1) is 0 Å². The molecule has 1 aromatic heterocycles. The molecule has 1 aliphatic carbocycles. The number of benzene rings is 1. The van der Waals surface area contributed by atoms with Gasteiger partial charge < -0.3 is 0 Å². The normalized spacial score (nSPS) is 15.7. The van der Waals surface area contributed by atoms with Crippen LogP contribution in [0.5, 0.6) is 0 Å². The lowest BCUT2D eigenvalue weighted by Crippen LogP contribution is -2.14. The average Bonchev–Trinajstić information content (AvgIpc) is 2.49. The fourth-order valence-electron chi connectivity index (χ4n) is 2.52. The number of aromatic nitrogens is 1. The van der Waals surface area contributed by atoms with Crippen LogP contribution in [0.2, 0.25) is 5.15 Å². The van der Waals surface area contributed by atoms with Gasteiger partial charge in [-0.05, 0) is 17.2 Å². The van der Waals surface area contributed by atoms with Gasteiger partial charge in [0.25, 0.3) is 0 Å². The van der Waals surface area contributed by atoms with E-state index < -0.39 is 0 Å². The van der Waals surface area contributed by atoms with Crippen LogP contribution in [0.4, 0.5) is 0 Å². The van der Waals surface area contributed by atoms with Crippen molar-refractivity contribution < 1.29 is 0 Å². The number of hydrogen-bond donors (Lipinski definition) is 0. The third kappa shape index (κ3) is 1.15. The quantitative estimate of drug-likeness (QED) is 0.622. The van der Waals surface area contributed by atoms with E-state index in [9.17, 15) is 0 Å². The molecule has 0 radical (unpaired) electrons. The van der Waals surface area contributed by atoms with Crippen LogP contribution in [0.1, 0.15) is 25.0 Å². The Hall–Kier alpha value is -1.34. The van der Waals surface area contributed by atoms with Crippen molar-refractivity contribution in [2.24, 2.45) is 0 Å². The van der Waals surface area contributed by atoms with Crippen molar-refractivity contribution in [3.05, 3.63) is 52.7 Å². The van der Waals surface area contributed by atoms with E-state index in [1.165, 1.54) is 16.7 Å². The van der Waals surface area contributed by atoms with Crippen molar-refractivity contribution in [1.29, 1.82) is 0 Å². The highest BCUT2D eigenvalue weighted by Gasteiger charge is 2.35. The molecule has 0 amide bonds. The summed E-state index contributed by atoms with van der Waals surface area (Å²) in [5.41, 5.74) is 4.87. The molecule has 3 rings (SSSR count). The Morgan fingerprint density at radius 2 is 1.75 bits per heavy atom. The molecule has 1 heterocycles. The summed E-state index contributed by atoms with van der Waals surface area (Å²) < 4.78 is 0. The Morgan fingerprint density at radius 3 is 2.56 bits per heavy atom. The van der Waals surface area contributed by atoms with Gasteiger partial charge >= 0.3 is 0 Å². The fraction of sp³-hybridized carbons (Fsp3) is 0.214. The summed E-state index contributed by atoms with van der Waals surface area (Å²) in [5, 5.41) is 0.561. The zero-order chi connectivity index (χ0) is 11.3. The van der Waals surface area contributed by atoms with Crippen molar-refractivity contribution in [3.63, 3.8) is 0 Å². The van der Waals surface area contributed by atoms with Crippen molar-refractivity contribution in [2.75, 3.05) is 0 Å². The Morgan fingerprint density at radius 1 is 1.00 bits per heavy atom. The van der Waals surface area contributed by atoms with Crippen molar-refractivity contribution in [3.8, 4) is 11.3 Å². The van der Waals surface area contributed by atoms with Gasteiger partial charge in [-0.1, -0.05) is 55.8 Å². The highest BCUT2D eigenvalue weighted by atomic mass is 35.5. The van der Waals surface area contributed by atoms with E-state index in [1.807, 2.05) is 12.1 Å². The second-order valence-electron chi connectivity index (χ2n) is 4.70. The molecule has 0 atom stereocenters. The monoisotopic (exact) mass is 229 g/mol. The molecule has 1 aromatic carbocycles. The van der Waals surface area contributed by atoms with Crippen LogP contribution in [-0.4, -0.2) is 4.98 Å². The minimum atomic E-state index is 0.0313. The molecule has 0 saturated heterocycles.